The summed E-state index contributed by atoms with van der Waals surface area (Å²) in [5, 5.41) is 8.22. The second kappa shape index (κ2) is 6.98. The zero-order chi connectivity index (χ0) is 16.3. The lowest BCUT2D eigenvalue weighted by Crippen LogP contribution is -2.39. The van der Waals surface area contributed by atoms with E-state index in [0.29, 0.717) is 17.7 Å². The fourth-order valence-corrected chi connectivity index (χ4v) is 4.48. The molecular formula is C16H23N3O3S. The van der Waals surface area contributed by atoms with Crippen LogP contribution < -0.4 is 5.32 Å². The maximum absolute atomic E-state index is 12.6. The maximum Gasteiger partial charge on any atom is 0.214 e. The average molecular weight is 337 g/mol. The van der Waals surface area contributed by atoms with E-state index in [1.807, 2.05) is 24.3 Å². The van der Waals surface area contributed by atoms with Gasteiger partial charge in [-0.1, -0.05) is 17.3 Å². The quantitative estimate of drug-likeness (QED) is 0.900. The van der Waals surface area contributed by atoms with Crippen molar-refractivity contribution in [2.75, 3.05) is 25.9 Å². The van der Waals surface area contributed by atoms with Gasteiger partial charge in [-0.25, -0.2) is 12.7 Å². The largest absolute Gasteiger partial charge is 0.356 e. The number of hydrogen-bond donors (Lipinski definition) is 1. The third kappa shape index (κ3) is 3.73. The summed E-state index contributed by atoms with van der Waals surface area (Å²) >= 11 is 0. The summed E-state index contributed by atoms with van der Waals surface area (Å²) in [4.78, 5) is 0. The van der Waals surface area contributed by atoms with Crippen LogP contribution in [-0.2, 0) is 16.4 Å². The number of para-hydroxylation sites is 1. The minimum absolute atomic E-state index is 0.0595. The summed E-state index contributed by atoms with van der Waals surface area (Å²) in [6.45, 7) is 1.84. The van der Waals surface area contributed by atoms with E-state index in [2.05, 4.69) is 10.5 Å². The summed E-state index contributed by atoms with van der Waals surface area (Å²) in [7, 11) is -1.60. The van der Waals surface area contributed by atoms with E-state index < -0.39 is 10.0 Å². The van der Waals surface area contributed by atoms with E-state index in [1.54, 1.807) is 11.4 Å². The molecule has 0 bridgehead atoms. The summed E-state index contributed by atoms with van der Waals surface area (Å²) < 4.78 is 32.0. The van der Waals surface area contributed by atoms with Crippen molar-refractivity contribution in [3.8, 4) is 0 Å². The Hall–Kier alpha value is -1.44. The molecule has 1 fully saturated rings. The van der Waals surface area contributed by atoms with E-state index >= 15 is 0 Å². The number of fused-ring (bicyclic) bond motifs is 1. The summed E-state index contributed by atoms with van der Waals surface area (Å²) in [5.74, 6) is 0.0595. The van der Waals surface area contributed by atoms with Gasteiger partial charge >= 0.3 is 0 Å². The van der Waals surface area contributed by atoms with Gasteiger partial charge in [0.05, 0.1) is 11.4 Å². The molecular weight excluding hydrogens is 314 g/mol. The summed E-state index contributed by atoms with van der Waals surface area (Å²) in [6.07, 6.45) is 3.16. The van der Waals surface area contributed by atoms with Crippen LogP contribution in [0.3, 0.4) is 0 Å². The minimum atomic E-state index is -3.30. The highest BCUT2D eigenvalue weighted by Crippen LogP contribution is 2.20. The van der Waals surface area contributed by atoms with Gasteiger partial charge in [-0.3, -0.25) is 0 Å². The topological polar surface area (TPSA) is 75.4 Å². The first-order valence-corrected chi connectivity index (χ1v) is 9.68. The van der Waals surface area contributed by atoms with Crippen LogP contribution in [0.4, 0.5) is 0 Å². The molecule has 0 spiro atoms. The third-order valence-electron chi connectivity index (χ3n) is 4.55. The maximum atomic E-state index is 12.6. The van der Waals surface area contributed by atoms with Gasteiger partial charge in [-0.15, -0.1) is 0 Å². The van der Waals surface area contributed by atoms with Gasteiger partial charge in [-0.2, -0.15) is 0 Å². The molecule has 2 heterocycles. The van der Waals surface area contributed by atoms with Gasteiger partial charge in [0.15, 0.2) is 5.58 Å². The summed E-state index contributed by atoms with van der Waals surface area (Å²) in [6, 6.07) is 7.62. The van der Waals surface area contributed by atoms with Gasteiger partial charge in [0.1, 0.15) is 0 Å². The molecule has 126 valence electrons. The van der Waals surface area contributed by atoms with E-state index in [9.17, 15) is 8.42 Å². The molecule has 1 aliphatic heterocycles. The Labute approximate surface area is 136 Å². The van der Waals surface area contributed by atoms with Crippen LogP contribution >= 0.6 is 0 Å². The second-order valence-corrected chi connectivity index (χ2v) is 8.19. The van der Waals surface area contributed by atoms with Crippen LogP contribution in [0.1, 0.15) is 25.0 Å². The van der Waals surface area contributed by atoms with Gasteiger partial charge in [-0.05, 0) is 44.5 Å². The molecule has 6 nitrogen and oxygen atoms in total. The Morgan fingerprint density at radius 1 is 1.30 bits per heavy atom. The van der Waals surface area contributed by atoms with Crippen molar-refractivity contribution in [2.45, 2.75) is 31.7 Å². The normalized spacial score (nSPS) is 20.0. The Bertz CT molecular complexity index is 749. The van der Waals surface area contributed by atoms with Crippen LogP contribution in [-0.4, -0.2) is 49.8 Å². The average Bonchev–Trinajstić information content (AvgIpc) is 2.77. The Kier molecular flexibility index (Phi) is 4.99. The van der Waals surface area contributed by atoms with E-state index in [4.69, 9.17) is 4.52 Å². The predicted molar refractivity (Wildman–Crippen MR) is 89.8 cm³/mol. The monoisotopic (exact) mass is 337 g/mol. The molecule has 7 heteroatoms. The molecule has 23 heavy (non-hydrogen) atoms. The Morgan fingerprint density at radius 3 is 3.00 bits per heavy atom. The standard InChI is InChI=1S/C16H23N3O3S/c1-19(13-5-4-10-17-11-8-13)23(20,21)12-9-15-14-6-2-3-7-16(14)22-18-15/h2-3,6-7,13,17H,4-5,8-12H2,1H3. The molecule has 1 unspecified atom stereocenters. The SMILES string of the molecule is CN(C1CCCNCC1)S(=O)(=O)CCc1noc2ccccc12. The molecule has 0 amide bonds. The van der Waals surface area contributed by atoms with Crippen LogP contribution in [0.2, 0.25) is 0 Å². The fourth-order valence-electron chi connectivity index (χ4n) is 3.08. The number of benzene rings is 1. The van der Waals surface area contributed by atoms with Crippen molar-refractivity contribution in [1.82, 2.24) is 14.8 Å². The van der Waals surface area contributed by atoms with Crippen molar-refractivity contribution < 1.29 is 12.9 Å². The van der Waals surface area contributed by atoms with Crippen molar-refractivity contribution in [2.24, 2.45) is 0 Å². The van der Waals surface area contributed by atoms with Crippen LogP contribution in [0.5, 0.6) is 0 Å². The van der Waals surface area contributed by atoms with Gasteiger partial charge in [0.25, 0.3) is 0 Å². The lowest BCUT2D eigenvalue weighted by molar-refractivity contribution is 0.341. The van der Waals surface area contributed by atoms with Crippen molar-refractivity contribution in [1.29, 1.82) is 0 Å². The molecule has 1 aliphatic rings. The van der Waals surface area contributed by atoms with E-state index in [1.165, 1.54) is 0 Å². The van der Waals surface area contributed by atoms with Gasteiger partial charge < -0.3 is 9.84 Å². The first-order chi connectivity index (χ1) is 11.1. The Morgan fingerprint density at radius 2 is 2.13 bits per heavy atom. The number of hydrogen-bond acceptors (Lipinski definition) is 5. The predicted octanol–water partition coefficient (Wildman–Crippen LogP) is 1.77. The number of nitrogens with zero attached hydrogens (tertiary/aromatic N) is 2. The van der Waals surface area contributed by atoms with Crippen LogP contribution in [0.15, 0.2) is 28.8 Å². The molecule has 3 rings (SSSR count). The fraction of sp³-hybridized carbons (Fsp3) is 0.562. The van der Waals surface area contributed by atoms with Crippen molar-refractivity contribution in [3.05, 3.63) is 30.0 Å². The highest BCUT2D eigenvalue weighted by molar-refractivity contribution is 7.89. The molecule has 0 saturated carbocycles. The minimum Gasteiger partial charge on any atom is -0.356 e. The number of aromatic nitrogens is 1. The zero-order valence-electron chi connectivity index (χ0n) is 13.4. The molecule has 1 aromatic heterocycles. The number of sulfonamides is 1. The molecule has 2 aromatic rings. The van der Waals surface area contributed by atoms with E-state index in [0.717, 1.165) is 37.7 Å². The molecule has 0 radical (unpaired) electrons. The lowest BCUT2D eigenvalue weighted by atomic mass is 10.1. The molecule has 0 aliphatic carbocycles. The second-order valence-electron chi connectivity index (χ2n) is 6.04. The number of aryl methyl sites for hydroxylation is 1. The van der Waals surface area contributed by atoms with Crippen LogP contribution in [0.25, 0.3) is 11.0 Å². The summed E-state index contributed by atoms with van der Waals surface area (Å²) in [5.41, 5.74) is 1.41. The van der Waals surface area contributed by atoms with Crippen molar-refractivity contribution in [3.63, 3.8) is 0 Å². The lowest BCUT2D eigenvalue weighted by Gasteiger charge is -2.26. The highest BCUT2D eigenvalue weighted by atomic mass is 32.2. The van der Waals surface area contributed by atoms with E-state index in [-0.39, 0.29) is 11.8 Å². The van der Waals surface area contributed by atoms with Gasteiger partial charge in [0, 0.05) is 24.9 Å². The molecule has 1 atom stereocenters. The molecule has 1 N–H and O–H groups in total. The third-order valence-corrected chi connectivity index (χ3v) is 6.44. The smallest absolute Gasteiger partial charge is 0.214 e. The first-order valence-electron chi connectivity index (χ1n) is 8.07. The zero-order valence-corrected chi connectivity index (χ0v) is 14.2. The van der Waals surface area contributed by atoms with Crippen LogP contribution in [0, 0.1) is 0 Å². The molecule has 1 aromatic carbocycles. The molecule has 1 saturated heterocycles. The first kappa shape index (κ1) is 16.4. The highest BCUT2D eigenvalue weighted by Gasteiger charge is 2.27. The van der Waals surface area contributed by atoms with Gasteiger partial charge in [0.2, 0.25) is 10.0 Å². The Balaban J connectivity index is 1.68. The van der Waals surface area contributed by atoms with Crippen molar-refractivity contribution >= 4 is 21.0 Å². The number of rotatable bonds is 5. The number of nitrogens with one attached hydrogen (secondary N) is 1.